The van der Waals surface area contributed by atoms with Gasteiger partial charge in [0.2, 0.25) is 0 Å². The van der Waals surface area contributed by atoms with E-state index in [1.807, 2.05) is 6.07 Å². The molecule has 1 unspecified atom stereocenters. The van der Waals surface area contributed by atoms with Crippen LogP contribution in [0.1, 0.15) is 6.92 Å². The predicted molar refractivity (Wildman–Crippen MR) is 58.8 cm³/mol. The summed E-state index contributed by atoms with van der Waals surface area (Å²) in [7, 11) is 0. The van der Waals surface area contributed by atoms with Crippen molar-refractivity contribution in [3.63, 3.8) is 0 Å². The van der Waals surface area contributed by atoms with Gasteiger partial charge in [0, 0.05) is 19.2 Å². The molecule has 0 radical (unpaired) electrons. The molecule has 0 bridgehead atoms. The van der Waals surface area contributed by atoms with E-state index in [4.69, 9.17) is 0 Å². The van der Waals surface area contributed by atoms with Gasteiger partial charge in [-0.2, -0.15) is 0 Å². The summed E-state index contributed by atoms with van der Waals surface area (Å²) in [6.07, 6.45) is -1.58. The van der Waals surface area contributed by atoms with Crippen molar-refractivity contribution in [1.82, 2.24) is 0 Å². The quantitative estimate of drug-likeness (QED) is 0.518. The minimum absolute atomic E-state index is 0.128. The summed E-state index contributed by atoms with van der Waals surface area (Å²) in [5, 5.41) is 30.7. The Morgan fingerprint density at radius 1 is 1.38 bits per heavy atom. The van der Waals surface area contributed by atoms with E-state index in [0.717, 1.165) is 12.6 Å². The summed E-state index contributed by atoms with van der Waals surface area (Å²) in [4.78, 5) is 10.8. The van der Waals surface area contributed by atoms with Crippen LogP contribution in [-0.4, -0.2) is 39.5 Å². The van der Waals surface area contributed by atoms with Gasteiger partial charge in [0.15, 0.2) is 5.78 Å². The van der Waals surface area contributed by atoms with Crippen molar-refractivity contribution in [3.8, 4) is 0 Å². The number of Topliss-reactive ketones (excluding diaryl/α,β-unsaturated/α-hetero) is 1. The third-order valence-electron chi connectivity index (χ3n) is 2.26. The number of anilines is 1. The zero-order chi connectivity index (χ0) is 12.2. The molecule has 0 heterocycles. The second-order valence-corrected chi connectivity index (χ2v) is 3.55. The average Bonchev–Trinajstić information content (AvgIpc) is 2.27. The maximum Gasteiger partial charge on any atom is 0.252 e. The summed E-state index contributed by atoms with van der Waals surface area (Å²) in [6.45, 7) is 0.877. The maximum atomic E-state index is 10.8. The highest BCUT2D eigenvalue weighted by Crippen LogP contribution is 2.10. The smallest absolute Gasteiger partial charge is 0.252 e. The molecule has 1 aromatic carbocycles. The number of aliphatic hydroxyl groups is 3. The number of para-hydroxylation sites is 1. The second kappa shape index (κ2) is 5.07. The lowest BCUT2D eigenvalue weighted by Crippen LogP contribution is -2.51. The van der Waals surface area contributed by atoms with Crippen molar-refractivity contribution in [3.05, 3.63) is 30.3 Å². The average molecular weight is 225 g/mol. The molecule has 0 aromatic heterocycles. The number of carbonyl (C=O) groups excluding carboxylic acids is 1. The van der Waals surface area contributed by atoms with Crippen LogP contribution in [0.5, 0.6) is 0 Å². The number of hydrogen-bond donors (Lipinski definition) is 4. The Bertz CT molecular complexity index is 350. The van der Waals surface area contributed by atoms with Crippen LogP contribution in [0.25, 0.3) is 0 Å². The van der Waals surface area contributed by atoms with Crippen LogP contribution in [0.15, 0.2) is 30.3 Å². The first-order chi connectivity index (χ1) is 7.44. The van der Waals surface area contributed by atoms with Gasteiger partial charge in [-0.3, -0.25) is 4.79 Å². The highest BCUT2D eigenvalue weighted by atomic mass is 16.5. The first-order valence-corrected chi connectivity index (χ1v) is 4.87. The molecule has 0 aliphatic rings. The van der Waals surface area contributed by atoms with E-state index in [-0.39, 0.29) is 6.54 Å². The molecule has 1 atom stereocenters. The summed E-state index contributed by atoms with van der Waals surface area (Å²) < 4.78 is 0. The number of rotatable bonds is 5. The molecular weight excluding hydrogens is 210 g/mol. The molecule has 0 aliphatic heterocycles. The maximum absolute atomic E-state index is 10.8. The van der Waals surface area contributed by atoms with Gasteiger partial charge in [0.05, 0.1) is 0 Å². The molecule has 0 saturated heterocycles. The third-order valence-corrected chi connectivity index (χ3v) is 2.26. The molecule has 5 heteroatoms. The second-order valence-electron chi connectivity index (χ2n) is 3.55. The Labute approximate surface area is 93.4 Å². The van der Waals surface area contributed by atoms with Gasteiger partial charge < -0.3 is 20.6 Å². The van der Waals surface area contributed by atoms with Crippen LogP contribution >= 0.6 is 0 Å². The van der Waals surface area contributed by atoms with Gasteiger partial charge >= 0.3 is 0 Å². The van der Waals surface area contributed by atoms with Crippen molar-refractivity contribution in [2.24, 2.45) is 0 Å². The molecule has 1 aromatic rings. The van der Waals surface area contributed by atoms with Crippen LogP contribution in [0.4, 0.5) is 5.69 Å². The molecule has 0 aliphatic carbocycles. The number of aliphatic hydroxyl groups excluding tert-OH is 1. The van der Waals surface area contributed by atoms with E-state index >= 15 is 0 Å². The van der Waals surface area contributed by atoms with Crippen molar-refractivity contribution in [1.29, 1.82) is 0 Å². The van der Waals surface area contributed by atoms with Crippen LogP contribution < -0.4 is 5.32 Å². The highest BCUT2D eigenvalue weighted by Gasteiger charge is 2.38. The highest BCUT2D eigenvalue weighted by molar-refractivity contribution is 5.83. The zero-order valence-electron chi connectivity index (χ0n) is 8.92. The van der Waals surface area contributed by atoms with Gasteiger partial charge in [-0.15, -0.1) is 0 Å². The Balaban J connectivity index is 2.53. The van der Waals surface area contributed by atoms with E-state index in [1.54, 1.807) is 24.3 Å². The number of ketones is 1. The van der Waals surface area contributed by atoms with Crippen LogP contribution in [0.3, 0.4) is 0 Å². The molecule has 0 fully saturated rings. The number of carbonyl (C=O) groups is 1. The van der Waals surface area contributed by atoms with Crippen molar-refractivity contribution in [2.75, 3.05) is 11.9 Å². The monoisotopic (exact) mass is 225 g/mol. The molecule has 1 rings (SSSR count). The van der Waals surface area contributed by atoms with Crippen molar-refractivity contribution in [2.45, 2.75) is 18.8 Å². The van der Waals surface area contributed by atoms with E-state index in [0.29, 0.717) is 0 Å². The van der Waals surface area contributed by atoms with E-state index in [1.165, 1.54) is 0 Å². The topological polar surface area (TPSA) is 89.8 Å². The fraction of sp³-hybridized carbons (Fsp3) is 0.364. The van der Waals surface area contributed by atoms with Crippen LogP contribution in [-0.2, 0) is 4.79 Å². The number of hydrogen-bond acceptors (Lipinski definition) is 5. The van der Waals surface area contributed by atoms with E-state index in [9.17, 15) is 20.1 Å². The fourth-order valence-corrected chi connectivity index (χ4v) is 1.15. The Morgan fingerprint density at radius 2 is 1.94 bits per heavy atom. The van der Waals surface area contributed by atoms with E-state index < -0.39 is 17.7 Å². The molecule has 0 spiro atoms. The molecular formula is C11H15NO4. The molecule has 88 valence electrons. The largest absolute Gasteiger partial charge is 0.385 e. The lowest BCUT2D eigenvalue weighted by atomic mass is 10.1. The first-order valence-electron chi connectivity index (χ1n) is 4.87. The molecule has 5 nitrogen and oxygen atoms in total. The van der Waals surface area contributed by atoms with Crippen molar-refractivity contribution >= 4 is 11.5 Å². The van der Waals surface area contributed by atoms with Gasteiger partial charge in [0.1, 0.15) is 6.10 Å². The summed E-state index contributed by atoms with van der Waals surface area (Å²) in [5.41, 5.74) is 0.723. The van der Waals surface area contributed by atoms with Gasteiger partial charge in [-0.25, -0.2) is 0 Å². The number of nitrogens with one attached hydrogen (secondary N) is 1. The normalized spacial score (nSPS) is 13.2. The molecule has 0 saturated carbocycles. The van der Waals surface area contributed by atoms with Gasteiger partial charge in [0.25, 0.3) is 5.79 Å². The minimum atomic E-state index is -2.71. The zero-order valence-corrected chi connectivity index (χ0v) is 8.92. The lowest BCUT2D eigenvalue weighted by Gasteiger charge is -2.24. The fourth-order valence-electron chi connectivity index (χ4n) is 1.15. The standard InChI is InChI=1S/C11H15NO4/c1-8(13)11(15,16)10(14)7-12-9-5-3-2-4-6-9/h2-6,10,12,14-16H,7H2,1H3. The minimum Gasteiger partial charge on any atom is -0.385 e. The van der Waals surface area contributed by atoms with Crippen LogP contribution in [0.2, 0.25) is 0 Å². The Hall–Kier alpha value is -1.43. The summed E-state index contributed by atoms with van der Waals surface area (Å²) in [5.74, 6) is -3.60. The summed E-state index contributed by atoms with van der Waals surface area (Å²) in [6, 6.07) is 8.95. The van der Waals surface area contributed by atoms with Gasteiger partial charge in [-0.05, 0) is 12.1 Å². The molecule has 4 N–H and O–H groups in total. The van der Waals surface area contributed by atoms with Gasteiger partial charge in [-0.1, -0.05) is 18.2 Å². The lowest BCUT2D eigenvalue weighted by molar-refractivity contribution is -0.214. The van der Waals surface area contributed by atoms with E-state index in [2.05, 4.69) is 5.32 Å². The Morgan fingerprint density at radius 3 is 2.44 bits per heavy atom. The Kier molecular flexibility index (Phi) is 4.00. The molecule has 0 amide bonds. The van der Waals surface area contributed by atoms with Crippen molar-refractivity contribution < 1.29 is 20.1 Å². The summed E-state index contributed by atoms with van der Waals surface area (Å²) >= 11 is 0. The van der Waals surface area contributed by atoms with Crippen LogP contribution in [0, 0.1) is 0 Å². The predicted octanol–water partition coefficient (Wildman–Crippen LogP) is -0.271. The SMILES string of the molecule is CC(=O)C(O)(O)C(O)CNc1ccccc1. The third kappa shape index (κ3) is 3.03. The molecule has 16 heavy (non-hydrogen) atoms. The first kappa shape index (κ1) is 12.6. The number of benzene rings is 1.